The molecule has 0 aromatic heterocycles. The molecule has 1 aliphatic carbocycles. The third-order valence-electron chi connectivity index (χ3n) is 2.53. The van der Waals surface area contributed by atoms with Crippen molar-refractivity contribution >= 4 is 23.0 Å². The largest absolute Gasteiger partial charge is 0.362 e. The first-order valence-electron chi connectivity index (χ1n) is 5.34. The first-order chi connectivity index (χ1) is 6.74. The Labute approximate surface area is 91.3 Å². The molecule has 0 amide bonds. The molecule has 1 saturated carbocycles. The lowest BCUT2D eigenvalue weighted by Gasteiger charge is -2.20. The number of nitrogens with zero attached hydrogens (tertiary/aromatic N) is 1. The van der Waals surface area contributed by atoms with Crippen LogP contribution in [0.1, 0.15) is 39.5 Å². The van der Waals surface area contributed by atoms with E-state index in [2.05, 4.69) is 22.8 Å². The van der Waals surface area contributed by atoms with Gasteiger partial charge in [0, 0.05) is 12.3 Å². The molecule has 0 bridgehead atoms. The van der Waals surface area contributed by atoms with E-state index in [4.69, 9.17) is 12.2 Å². The Kier molecular flexibility index (Phi) is 4.87. The highest BCUT2D eigenvalue weighted by atomic mass is 32.1. The van der Waals surface area contributed by atoms with E-state index >= 15 is 0 Å². The van der Waals surface area contributed by atoms with Crippen molar-refractivity contribution in [2.45, 2.75) is 39.5 Å². The minimum Gasteiger partial charge on any atom is -0.362 e. The minimum absolute atomic E-state index is 0.612. The quantitative estimate of drug-likeness (QED) is 0.544. The van der Waals surface area contributed by atoms with E-state index in [-0.39, 0.29) is 0 Å². The van der Waals surface area contributed by atoms with E-state index in [0.29, 0.717) is 11.0 Å². The van der Waals surface area contributed by atoms with Gasteiger partial charge in [-0.25, -0.2) is 0 Å². The van der Waals surface area contributed by atoms with Crippen LogP contribution in [0.25, 0.3) is 0 Å². The van der Waals surface area contributed by atoms with Crippen molar-refractivity contribution < 1.29 is 0 Å². The molecule has 0 heterocycles. The Hall–Kier alpha value is -0.640. The molecular formula is C10H19N3S. The van der Waals surface area contributed by atoms with E-state index in [0.717, 1.165) is 13.0 Å². The fourth-order valence-electron chi connectivity index (χ4n) is 1.66. The molecule has 3 nitrogen and oxygen atoms in total. The van der Waals surface area contributed by atoms with E-state index in [1.165, 1.54) is 25.0 Å². The van der Waals surface area contributed by atoms with Crippen LogP contribution in [0.15, 0.2) is 5.10 Å². The van der Waals surface area contributed by atoms with Gasteiger partial charge in [0.2, 0.25) is 0 Å². The van der Waals surface area contributed by atoms with Gasteiger partial charge in [-0.1, -0.05) is 13.3 Å². The second-order valence-electron chi connectivity index (χ2n) is 3.72. The predicted octanol–water partition coefficient (Wildman–Crippen LogP) is 2.04. The Bertz CT molecular complexity index is 225. The number of rotatable bonds is 2. The molecule has 1 rings (SSSR count). The molecule has 1 aliphatic rings. The molecule has 0 aliphatic heterocycles. The van der Waals surface area contributed by atoms with Crippen molar-refractivity contribution in [2.24, 2.45) is 11.0 Å². The number of hydrogen-bond donors (Lipinski definition) is 2. The molecule has 1 fully saturated rings. The van der Waals surface area contributed by atoms with Gasteiger partial charge in [0.1, 0.15) is 0 Å². The summed E-state index contributed by atoms with van der Waals surface area (Å²) in [5.74, 6) is 0.612. The van der Waals surface area contributed by atoms with E-state index in [1.54, 1.807) is 0 Å². The summed E-state index contributed by atoms with van der Waals surface area (Å²) >= 11 is 5.03. The highest BCUT2D eigenvalue weighted by Gasteiger charge is 2.15. The van der Waals surface area contributed by atoms with Crippen molar-refractivity contribution in [3.8, 4) is 0 Å². The van der Waals surface area contributed by atoms with Gasteiger partial charge in [0.15, 0.2) is 5.11 Å². The van der Waals surface area contributed by atoms with Crippen LogP contribution < -0.4 is 10.7 Å². The summed E-state index contributed by atoms with van der Waals surface area (Å²) in [4.78, 5) is 0. The topological polar surface area (TPSA) is 36.4 Å². The number of thiocarbonyl (C=S) groups is 1. The normalized spacial score (nSPS) is 24.7. The average molecular weight is 213 g/mol. The van der Waals surface area contributed by atoms with Crippen molar-refractivity contribution in [3.63, 3.8) is 0 Å². The van der Waals surface area contributed by atoms with Crippen LogP contribution in [0.5, 0.6) is 0 Å². The van der Waals surface area contributed by atoms with E-state index in [1.807, 2.05) is 6.92 Å². The maximum absolute atomic E-state index is 5.03. The van der Waals surface area contributed by atoms with E-state index in [9.17, 15) is 0 Å². The Morgan fingerprint density at radius 2 is 2.36 bits per heavy atom. The lowest BCUT2D eigenvalue weighted by molar-refractivity contribution is 0.555. The highest BCUT2D eigenvalue weighted by Crippen LogP contribution is 2.20. The molecular weight excluding hydrogens is 194 g/mol. The molecule has 0 aromatic rings. The minimum atomic E-state index is 0.612. The summed E-state index contributed by atoms with van der Waals surface area (Å²) in [6.45, 7) is 5.09. The van der Waals surface area contributed by atoms with Gasteiger partial charge >= 0.3 is 0 Å². The first-order valence-corrected chi connectivity index (χ1v) is 5.75. The fraction of sp³-hybridized carbons (Fsp3) is 0.800. The molecule has 0 saturated heterocycles. The summed E-state index contributed by atoms with van der Waals surface area (Å²) in [6.07, 6.45) is 4.97. The lowest BCUT2D eigenvalue weighted by atomic mass is 9.89. The third kappa shape index (κ3) is 3.62. The van der Waals surface area contributed by atoms with Crippen LogP contribution in [0.2, 0.25) is 0 Å². The summed E-state index contributed by atoms with van der Waals surface area (Å²) in [7, 11) is 0. The zero-order valence-corrected chi connectivity index (χ0v) is 9.78. The third-order valence-corrected chi connectivity index (χ3v) is 2.76. The van der Waals surface area contributed by atoms with Gasteiger partial charge in [0.05, 0.1) is 0 Å². The van der Waals surface area contributed by atoms with Gasteiger partial charge in [-0.05, 0) is 44.3 Å². The molecule has 4 heteroatoms. The molecule has 80 valence electrons. The predicted molar refractivity (Wildman–Crippen MR) is 64.5 cm³/mol. The second kappa shape index (κ2) is 5.96. The summed E-state index contributed by atoms with van der Waals surface area (Å²) in [5.41, 5.74) is 4.15. The van der Waals surface area contributed by atoms with Gasteiger partial charge in [-0.2, -0.15) is 5.10 Å². The van der Waals surface area contributed by atoms with Crippen molar-refractivity contribution in [3.05, 3.63) is 0 Å². The molecule has 0 aromatic carbocycles. The van der Waals surface area contributed by atoms with Crippen LogP contribution in [-0.4, -0.2) is 17.4 Å². The van der Waals surface area contributed by atoms with Crippen molar-refractivity contribution in [2.75, 3.05) is 6.54 Å². The van der Waals surface area contributed by atoms with Gasteiger partial charge in [0.25, 0.3) is 0 Å². The van der Waals surface area contributed by atoms with Gasteiger partial charge in [-0.15, -0.1) is 0 Å². The summed E-state index contributed by atoms with van der Waals surface area (Å²) in [6, 6.07) is 0. The van der Waals surface area contributed by atoms with Crippen LogP contribution in [0.3, 0.4) is 0 Å². The lowest BCUT2D eigenvalue weighted by Crippen LogP contribution is -2.33. The van der Waals surface area contributed by atoms with Gasteiger partial charge < -0.3 is 5.32 Å². The Morgan fingerprint density at radius 3 is 3.00 bits per heavy atom. The zero-order valence-electron chi connectivity index (χ0n) is 8.97. The SMILES string of the molecule is CCNC(=S)NN=C1CCCC[C@@H]1C. The highest BCUT2D eigenvalue weighted by molar-refractivity contribution is 7.80. The average Bonchev–Trinajstić information content (AvgIpc) is 2.17. The fourth-order valence-corrected chi connectivity index (χ4v) is 1.85. The summed E-state index contributed by atoms with van der Waals surface area (Å²) in [5, 5.41) is 7.98. The van der Waals surface area contributed by atoms with Crippen molar-refractivity contribution in [1.82, 2.24) is 10.7 Å². The van der Waals surface area contributed by atoms with Crippen LogP contribution in [0.4, 0.5) is 0 Å². The van der Waals surface area contributed by atoms with Crippen LogP contribution in [0, 0.1) is 5.92 Å². The maximum Gasteiger partial charge on any atom is 0.186 e. The standard InChI is InChI=1S/C10H19N3S/c1-3-11-10(14)13-12-9-7-5-4-6-8(9)2/h8H,3-7H2,1-2H3,(H2,11,13,14)/t8-/m0/s1. The number of hydrogen-bond acceptors (Lipinski definition) is 2. The monoisotopic (exact) mass is 213 g/mol. The molecule has 1 atom stereocenters. The van der Waals surface area contributed by atoms with Crippen molar-refractivity contribution in [1.29, 1.82) is 0 Å². The Morgan fingerprint density at radius 1 is 1.57 bits per heavy atom. The molecule has 0 unspecified atom stereocenters. The molecule has 2 N–H and O–H groups in total. The van der Waals surface area contributed by atoms with Crippen LogP contribution >= 0.6 is 12.2 Å². The smallest absolute Gasteiger partial charge is 0.186 e. The van der Waals surface area contributed by atoms with Gasteiger partial charge in [-0.3, -0.25) is 5.43 Å². The second-order valence-corrected chi connectivity index (χ2v) is 4.13. The van der Waals surface area contributed by atoms with Crippen LogP contribution in [-0.2, 0) is 0 Å². The first kappa shape index (κ1) is 11.4. The molecule has 14 heavy (non-hydrogen) atoms. The zero-order chi connectivity index (χ0) is 10.4. The van der Waals surface area contributed by atoms with E-state index < -0.39 is 0 Å². The summed E-state index contributed by atoms with van der Waals surface area (Å²) < 4.78 is 0. The number of nitrogens with one attached hydrogen (secondary N) is 2. The Balaban J connectivity index is 2.38. The molecule has 0 radical (unpaired) electrons. The maximum atomic E-state index is 5.03. The number of hydrazone groups is 1. The molecule has 0 spiro atoms.